The molecule has 4 rings (SSSR count). The van der Waals surface area contributed by atoms with E-state index in [0.29, 0.717) is 26.1 Å². The molecule has 0 unspecified atom stereocenters. The molecule has 1 saturated heterocycles. The van der Waals surface area contributed by atoms with E-state index in [9.17, 15) is 14.7 Å². The maximum Gasteiger partial charge on any atom is 0.308 e. The molecule has 150 valence electrons. The number of piperidine rings is 1. The molecule has 3 aromatic rings. The van der Waals surface area contributed by atoms with Crippen LogP contribution in [-0.2, 0) is 22.7 Å². The Morgan fingerprint density at radius 3 is 2.72 bits per heavy atom. The van der Waals surface area contributed by atoms with Crippen LogP contribution < -0.4 is 4.74 Å². The molecule has 0 spiro atoms. The van der Waals surface area contributed by atoms with Crippen molar-refractivity contribution in [2.45, 2.75) is 26.0 Å². The summed E-state index contributed by atoms with van der Waals surface area (Å²) in [5.74, 6) is -0.543. The van der Waals surface area contributed by atoms with Crippen LogP contribution in [0.25, 0.3) is 10.9 Å². The normalized spacial score (nSPS) is 16.7. The highest BCUT2D eigenvalue weighted by Gasteiger charge is 2.28. The lowest BCUT2D eigenvalue weighted by atomic mass is 9.98. The molecule has 0 bridgehead atoms. The number of rotatable bonds is 6. The lowest BCUT2D eigenvalue weighted by molar-refractivity contribution is -0.145. The molecular weight excluding hydrogens is 368 g/mol. The fourth-order valence-electron chi connectivity index (χ4n) is 3.80. The van der Waals surface area contributed by atoms with E-state index >= 15 is 0 Å². The number of carbonyl (C=O) groups excluding carboxylic acids is 1. The Hall–Kier alpha value is -3.28. The smallest absolute Gasteiger partial charge is 0.308 e. The Bertz CT molecular complexity index is 1010. The number of benzene rings is 2. The number of hydrogen-bond acceptors (Lipinski definition) is 3. The van der Waals surface area contributed by atoms with Gasteiger partial charge in [0.05, 0.1) is 5.92 Å². The van der Waals surface area contributed by atoms with Gasteiger partial charge in [-0.15, -0.1) is 0 Å². The summed E-state index contributed by atoms with van der Waals surface area (Å²) in [5, 5.41) is 10.2. The third-order valence-electron chi connectivity index (χ3n) is 5.42. The van der Waals surface area contributed by atoms with Crippen LogP contribution in [0.1, 0.15) is 18.4 Å². The van der Waals surface area contributed by atoms with Crippen LogP contribution in [0.4, 0.5) is 0 Å². The van der Waals surface area contributed by atoms with E-state index in [-0.39, 0.29) is 12.5 Å². The SMILES string of the molecule is O=C(O)[C@@H]1CCCN(C(=O)Cn2ccc3cc(OCc4ccccc4)ccc32)C1. The van der Waals surface area contributed by atoms with Crippen LogP contribution in [0.3, 0.4) is 0 Å². The molecule has 0 radical (unpaired) electrons. The standard InChI is InChI=1S/C23H24N2O4/c26-22(25-11-4-7-19(14-25)23(27)28)15-24-12-10-18-13-20(8-9-21(18)24)29-16-17-5-2-1-3-6-17/h1-3,5-6,8-10,12-13,19H,4,7,11,14-16H2,(H,27,28)/t19-/m1/s1. The summed E-state index contributed by atoms with van der Waals surface area (Å²) in [4.78, 5) is 25.6. The van der Waals surface area contributed by atoms with Crippen LogP contribution in [0.5, 0.6) is 5.75 Å². The molecule has 1 N–H and O–H groups in total. The van der Waals surface area contributed by atoms with Crippen LogP contribution in [0.2, 0.25) is 0 Å². The summed E-state index contributed by atoms with van der Waals surface area (Å²) < 4.78 is 7.79. The highest BCUT2D eigenvalue weighted by atomic mass is 16.5. The summed E-state index contributed by atoms with van der Waals surface area (Å²) in [6.07, 6.45) is 3.26. The van der Waals surface area contributed by atoms with Crippen LogP contribution in [-0.4, -0.2) is 39.5 Å². The Morgan fingerprint density at radius 1 is 1.10 bits per heavy atom. The van der Waals surface area contributed by atoms with Crippen molar-refractivity contribution < 1.29 is 19.4 Å². The molecule has 0 aliphatic carbocycles. The average Bonchev–Trinajstić information content (AvgIpc) is 3.15. The van der Waals surface area contributed by atoms with Crippen molar-refractivity contribution in [3.63, 3.8) is 0 Å². The zero-order valence-corrected chi connectivity index (χ0v) is 16.2. The van der Waals surface area contributed by atoms with Gasteiger partial charge < -0.3 is 19.3 Å². The molecule has 1 amide bonds. The summed E-state index contributed by atoms with van der Waals surface area (Å²) >= 11 is 0. The van der Waals surface area contributed by atoms with Crippen molar-refractivity contribution in [2.75, 3.05) is 13.1 Å². The molecule has 1 aliphatic rings. The number of ether oxygens (including phenoxy) is 1. The minimum Gasteiger partial charge on any atom is -0.489 e. The van der Waals surface area contributed by atoms with Crippen molar-refractivity contribution >= 4 is 22.8 Å². The third-order valence-corrected chi connectivity index (χ3v) is 5.42. The molecule has 0 saturated carbocycles. The average molecular weight is 392 g/mol. The van der Waals surface area contributed by atoms with E-state index in [2.05, 4.69) is 0 Å². The van der Waals surface area contributed by atoms with Gasteiger partial charge in [-0.1, -0.05) is 30.3 Å². The second kappa shape index (κ2) is 8.39. The summed E-state index contributed by atoms with van der Waals surface area (Å²) in [6, 6.07) is 17.8. The van der Waals surface area contributed by atoms with Crippen molar-refractivity contribution in [3.8, 4) is 5.75 Å². The summed E-state index contributed by atoms with van der Waals surface area (Å²) in [6.45, 7) is 1.63. The summed E-state index contributed by atoms with van der Waals surface area (Å²) in [5.41, 5.74) is 2.06. The van der Waals surface area contributed by atoms with Crippen molar-refractivity contribution in [3.05, 3.63) is 66.4 Å². The zero-order valence-electron chi connectivity index (χ0n) is 16.2. The second-order valence-electron chi connectivity index (χ2n) is 7.46. The number of amides is 1. The number of likely N-dealkylation sites (tertiary alicyclic amines) is 1. The molecule has 2 heterocycles. The number of aliphatic carboxylic acids is 1. The van der Waals surface area contributed by atoms with E-state index in [1.165, 1.54) is 0 Å². The molecule has 1 atom stereocenters. The number of carboxylic acids is 1. The van der Waals surface area contributed by atoms with Gasteiger partial charge in [0.15, 0.2) is 0 Å². The van der Waals surface area contributed by atoms with Gasteiger partial charge in [0.25, 0.3) is 0 Å². The van der Waals surface area contributed by atoms with Gasteiger partial charge in [0, 0.05) is 30.2 Å². The van der Waals surface area contributed by atoms with Gasteiger partial charge in [0.1, 0.15) is 18.9 Å². The first-order valence-corrected chi connectivity index (χ1v) is 9.86. The third kappa shape index (κ3) is 4.42. The van der Waals surface area contributed by atoms with E-state index in [0.717, 1.165) is 28.6 Å². The fourth-order valence-corrected chi connectivity index (χ4v) is 3.80. The highest BCUT2D eigenvalue weighted by molar-refractivity contribution is 5.84. The Morgan fingerprint density at radius 2 is 1.93 bits per heavy atom. The molecule has 1 aliphatic heterocycles. The number of carbonyl (C=O) groups is 2. The number of carboxylic acid groups (broad SMARTS) is 1. The zero-order chi connectivity index (χ0) is 20.2. The largest absolute Gasteiger partial charge is 0.489 e. The van der Waals surface area contributed by atoms with E-state index in [1.54, 1.807) is 4.90 Å². The Kier molecular flexibility index (Phi) is 5.51. The minimum atomic E-state index is -0.822. The maximum absolute atomic E-state index is 12.7. The second-order valence-corrected chi connectivity index (χ2v) is 7.46. The lowest BCUT2D eigenvalue weighted by Gasteiger charge is -2.30. The predicted molar refractivity (Wildman–Crippen MR) is 110 cm³/mol. The van der Waals surface area contributed by atoms with E-state index in [1.807, 2.05) is 65.4 Å². The van der Waals surface area contributed by atoms with Gasteiger partial charge in [-0.05, 0) is 42.7 Å². The Balaban J connectivity index is 1.42. The van der Waals surface area contributed by atoms with Gasteiger partial charge >= 0.3 is 5.97 Å². The monoisotopic (exact) mass is 392 g/mol. The number of fused-ring (bicyclic) bond motifs is 1. The number of aromatic nitrogens is 1. The molecule has 6 nitrogen and oxygen atoms in total. The first-order chi connectivity index (χ1) is 14.1. The quantitative estimate of drug-likeness (QED) is 0.696. The van der Waals surface area contributed by atoms with Crippen LogP contribution >= 0.6 is 0 Å². The number of hydrogen-bond donors (Lipinski definition) is 1. The van der Waals surface area contributed by atoms with Crippen LogP contribution in [0, 0.1) is 5.92 Å². The van der Waals surface area contributed by atoms with Crippen molar-refractivity contribution in [1.82, 2.24) is 9.47 Å². The van der Waals surface area contributed by atoms with Gasteiger partial charge in [0.2, 0.25) is 5.91 Å². The molecule has 6 heteroatoms. The van der Waals surface area contributed by atoms with Gasteiger partial charge in [-0.3, -0.25) is 9.59 Å². The fraction of sp³-hybridized carbons (Fsp3) is 0.304. The van der Waals surface area contributed by atoms with Gasteiger partial charge in [-0.25, -0.2) is 0 Å². The maximum atomic E-state index is 12.7. The van der Waals surface area contributed by atoms with E-state index in [4.69, 9.17) is 4.74 Å². The lowest BCUT2D eigenvalue weighted by Crippen LogP contribution is -2.43. The molecule has 1 fully saturated rings. The molecular formula is C23H24N2O4. The van der Waals surface area contributed by atoms with Crippen molar-refractivity contribution in [1.29, 1.82) is 0 Å². The predicted octanol–water partition coefficient (Wildman–Crippen LogP) is 3.54. The van der Waals surface area contributed by atoms with Crippen LogP contribution in [0.15, 0.2) is 60.8 Å². The van der Waals surface area contributed by atoms with Crippen molar-refractivity contribution in [2.24, 2.45) is 5.92 Å². The molecule has 29 heavy (non-hydrogen) atoms. The molecule has 2 aromatic carbocycles. The first-order valence-electron chi connectivity index (χ1n) is 9.86. The topological polar surface area (TPSA) is 71.8 Å². The summed E-state index contributed by atoms with van der Waals surface area (Å²) in [7, 11) is 0. The number of nitrogens with zero attached hydrogens (tertiary/aromatic N) is 2. The Labute approximate surface area is 169 Å². The first kappa shape index (κ1) is 19.1. The highest BCUT2D eigenvalue weighted by Crippen LogP contribution is 2.24. The minimum absolute atomic E-state index is 0.0437. The van der Waals surface area contributed by atoms with E-state index < -0.39 is 11.9 Å². The molecule has 1 aromatic heterocycles. The van der Waals surface area contributed by atoms with Gasteiger partial charge in [-0.2, -0.15) is 0 Å².